The number of halogens is 1. The number of nitrogens with one attached hydrogen (secondary N) is 1. The number of rotatable bonds is 3. The third kappa shape index (κ3) is 3.22. The van der Waals surface area contributed by atoms with Gasteiger partial charge in [-0.1, -0.05) is 29.9 Å². The molecule has 0 saturated carbocycles. The number of thiocarbonyl (C=S) groups is 1. The number of nitrogens with zero attached hydrogens (tertiary/aromatic N) is 1. The van der Waals surface area contributed by atoms with Gasteiger partial charge in [0.25, 0.3) is 0 Å². The Bertz CT molecular complexity index is 641. The van der Waals surface area contributed by atoms with E-state index in [-0.39, 0.29) is 0 Å². The summed E-state index contributed by atoms with van der Waals surface area (Å²) in [6, 6.07) is 9.38. The van der Waals surface area contributed by atoms with Gasteiger partial charge < -0.3 is 11.1 Å². The first-order chi connectivity index (χ1) is 8.97. The molecule has 0 spiro atoms. The average molecular weight is 292 g/mol. The van der Waals surface area contributed by atoms with E-state index in [9.17, 15) is 0 Å². The SMILES string of the molecule is Cc1cc(C(N)=S)cc(Nc2cccc(Cl)c2C)n1. The quantitative estimate of drug-likeness (QED) is 0.846. The summed E-state index contributed by atoms with van der Waals surface area (Å²) in [5.41, 5.74) is 9.20. The minimum atomic E-state index is 0.358. The van der Waals surface area contributed by atoms with E-state index >= 15 is 0 Å². The largest absolute Gasteiger partial charge is 0.389 e. The van der Waals surface area contributed by atoms with Crippen LogP contribution in [0.25, 0.3) is 0 Å². The molecule has 0 aliphatic carbocycles. The Labute approximate surface area is 122 Å². The number of pyridine rings is 1. The maximum absolute atomic E-state index is 6.09. The Morgan fingerprint density at radius 2 is 2.05 bits per heavy atom. The molecule has 0 bridgehead atoms. The molecule has 0 aliphatic rings. The van der Waals surface area contributed by atoms with Crippen molar-refractivity contribution >= 4 is 40.3 Å². The van der Waals surface area contributed by atoms with Gasteiger partial charge in [-0.05, 0) is 43.7 Å². The summed E-state index contributed by atoms with van der Waals surface area (Å²) >= 11 is 11.1. The first kappa shape index (κ1) is 13.8. The van der Waals surface area contributed by atoms with Crippen molar-refractivity contribution in [3.8, 4) is 0 Å². The molecule has 0 amide bonds. The topological polar surface area (TPSA) is 50.9 Å². The molecule has 3 nitrogen and oxygen atoms in total. The fourth-order valence-corrected chi connectivity index (χ4v) is 2.05. The van der Waals surface area contributed by atoms with Crippen LogP contribution in [0.5, 0.6) is 0 Å². The predicted octanol–water partition coefficient (Wildman–Crippen LogP) is 3.73. The molecule has 2 rings (SSSR count). The smallest absolute Gasteiger partial charge is 0.131 e. The van der Waals surface area contributed by atoms with Gasteiger partial charge in [0.2, 0.25) is 0 Å². The van der Waals surface area contributed by atoms with E-state index < -0.39 is 0 Å². The molecule has 5 heteroatoms. The minimum Gasteiger partial charge on any atom is -0.389 e. The van der Waals surface area contributed by atoms with Crippen LogP contribution in [0.15, 0.2) is 30.3 Å². The Balaban J connectivity index is 2.38. The zero-order chi connectivity index (χ0) is 14.0. The van der Waals surface area contributed by atoms with Gasteiger partial charge in [0.15, 0.2) is 0 Å². The van der Waals surface area contributed by atoms with E-state index in [1.807, 2.05) is 44.2 Å². The van der Waals surface area contributed by atoms with Gasteiger partial charge in [-0.25, -0.2) is 4.98 Å². The van der Waals surface area contributed by atoms with Crippen molar-refractivity contribution in [2.75, 3.05) is 5.32 Å². The number of anilines is 2. The molecular weight excluding hydrogens is 278 g/mol. The molecule has 1 aromatic carbocycles. The zero-order valence-corrected chi connectivity index (χ0v) is 12.3. The molecule has 1 aromatic heterocycles. The number of benzene rings is 1. The minimum absolute atomic E-state index is 0.358. The molecule has 1 heterocycles. The van der Waals surface area contributed by atoms with Crippen molar-refractivity contribution in [3.05, 3.63) is 52.2 Å². The number of hydrogen-bond donors (Lipinski definition) is 2. The summed E-state index contributed by atoms with van der Waals surface area (Å²) in [5, 5.41) is 3.95. The number of hydrogen-bond acceptors (Lipinski definition) is 3. The van der Waals surface area contributed by atoms with Crippen LogP contribution in [0, 0.1) is 13.8 Å². The van der Waals surface area contributed by atoms with E-state index in [1.165, 1.54) is 0 Å². The van der Waals surface area contributed by atoms with Crippen LogP contribution >= 0.6 is 23.8 Å². The van der Waals surface area contributed by atoms with Crippen molar-refractivity contribution < 1.29 is 0 Å². The Hall–Kier alpha value is -1.65. The van der Waals surface area contributed by atoms with Crippen LogP contribution in [0.1, 0.15) is 16.8 Å². The second kappa shape index (κ2) is 5.55. The normalized spacial score (nSPS) is 10.3. The highest BCUT2D eigenvalue weighted by Gasteiger charge is 2.06. The highest BCUT2D eigenvalue weighted by Crippen LogP contribution is 2.25. The molecule has 0 fully saturated rings. The van der Waals surface area contributed by atoms with Gasteiger partial charge in [0.05, 0.1) is 0 Å². The molecular formula is C14H14ClN3S. The lowest BCUT2D eigenvalue weighted by atomic mass is 10.2. The van der Waals surface area contributed by atoms with Crippen molar-refractivity contribution in [3.63, 3.8) is 0 Å². The lowest BCUT2D eigenvalue weighted by Crippen LogP contribution is -2.11. The maximum atomic E-state index is 6.09. The fourth-order valence-electron chi connectivity index (χ4n) is 1.76. The monoisotopic (exact) mass is 291 g/mol. The van der Waals surface area contributed by atoms with Crippen molar-refractivity contribution in [2.45, 2.75) is 13.8 Å². The van der Waals surface area contributed by atoms with Gasteiger partial charge in [-0.15, -0.1) is 0 Å². The molecule has 0 saturated heterocycles. The molecule has 0 atom stereocenters. The fraction of sp³-hybridized carbons (Fsp3) is 0.143. The van der Waals surface area contributed by atoms with Gasteiger partial charge in [-0.3, -0.25) is 0 Å². The van der Waals surface area contributed by atoms with E-state index in [1.54, 1.807) is 0 Å². The van der Waals surface area contributed by atoms with Crippen molar-refractivity contribution in [1.29, 1.82) is 0 Å². The van der Waals surface area contributed by atoms with E-state index in [0.717, 1.165) is 22.5 Å². The predicted molar refractivity (Wildman–Crippen MR) is 84.3 cm³/mol. The summed E-state index contributed by atoms with van der Waals surface area (Å²) in [6.45, 7) is 3.85. The summed E-state index contributed by atoms with van der Waals surface area (Å²) in [4.78, 5) is 4.77. The molecule has 3 N–H and O–H groups in total. The first-order valence-electron chi connectivity index (χ1n) is 5.78. The van der Waals surface area contributed by atoms with Gasteiger partial charge in [0, 0.05) is 22.0 Å². The highest BCUT2D eigenvalue weighted by atomic mass is 35.5. The van der Waals surface area contributed by atoms with E-state index in [2.05, 4.69) is 10.3 Å². The molecule has 0 aliphatic heterocycles. The van der Waals surface area contributed by atoms with E-state index in [0.29, 0.717) is 15.8 Å². The first-order valence-corrected chi connectivity index (χ1v) is 6.56. The van der Waals surface area contributed by atoms with Crippen LogP contribution < -0.4 is 11.1 Å². The lowest BCUT2D eigenvalue weighted by Gasteiger charge is -2.11. The number of aromatic nitrogens is 1. The number of aryl methyl sites for hydroxylation is 1. The molecule has 98 valence electrons. The second-order valence-electron chi connectivity index (χ2n) is 4.28. The van der Waals surface area contributed by atoms with Crippen LogP contribution in [0.2, 0.25) is 5.02 Å². The molecule has 2 aromatic rings. The van der Waals surface area contributed by atoms with Gasteiger partial charge >= 0.3 is 0 Å². The number of nitrogens with two attached hydrogens (primary N) is 1. The Morgan fingerprint density at radius 1 is 1.32 bits per heavy atom. The second-order valence-corrected chi connectivity index (χ2v) is 5.13. The Morgan fingerprint density at radius 3 is 2.74 bits per heavy atom. The van der Waals surface area contributed by atoms with Crippen LogP contribution in [0.3, 0.4) is 0 Å². The third-order valence-electron chi connectivity index (χ3n) is 2.77. The van der Waals surface area contributed by atoms with Crippen LogP contribution in [-0.4, -0.2) is 9.97 Å². The van der Waals surface area contributed by atoms with Gasteiger partial charge in [0.1, 0.15) is 10.8 Å². The summed E-state index contributed by atoms with van der Waals surface area (Å²) in [7, 11) is 0. The van der Waals surface area contributed by atoms with Crippen molar-refractivity contribution in [1.82, 2.24) is 4.98 Å². The summed E-state index contributed by atoms with van der Waals surface area (Å²) in [6.07, 6.45) is 0. The zero-order valence-electron chi connectivity index (χ0n) is 10.7. The Kier molecular flexibility index (Phi) is 4.02. The standard InChI is InChI=1S/C14H14ClN3S/c1-8-6-10(14(16)19)7-13(17-8)18-12-5-3-4-11(15)9(12)2/h3-7H,1-2H3,(H2,16,19)(H,17,18). The van der Waals surface area contributed by atoms with E-state index in [4.69, 9.17) is 29.6 Å². The van der Waals surface area contributed by atoms with Crippen LogP contribution in [-0.2, 0) is 0 Å². The average Bonchev–Trinajstić information content (AvgIpc) is 2.34. The van der Waals surface area contributed by atoms with Gasteiger partial charge in [-0.2, -0.15) is 0 Å². The molecule has 0 unspecified atom stereocenters. The van der Waals surface area contributed by atoms with Crippen LogP contribution in [0.4, 0.5) is 11.5 Å². The summed E-state index contributed by atoms with van der Waals surface area (Å²) < 4.78 is 0. The molecule has 19 heavy (non-hydrogen) atoms. The summed E-state index contributed by atoms with van der Waals surface area (Å²) in [5.74, 6) is 0.702. The lowest BCUT2D eigenvalue weighted by molar-refractivity contribution is 1.19. The highest BCUT2D eigenvalue weighted by molar-refractivity contribution is 7.80. The maximum Gasteiger partial charge on any atom is 0.131 e. The van der Waals surface area contributed by atoms with Crippen molar-refractivity contribution in [2.24, 2.45) is 5.73 Å². The third-order valence-corrected chi connectivity index (χ3v) is 3.41. The molecule has 0 radical (unpaired) electrons.